The van der Waals surface area contributed by atoms with Crippen molar-refractivity contribution >= 4 is 27.3 Å². The van der Waals surface area contributed by atoms with Crippen LogP contribution >= 0.6 is 0 Å². The first-order valence-electron chi connectivity index (χ1n) is 11.6. The fourth-order valence-electron chi connectivity index (χ4n) is 4.64. The highest BCUT2D eigenvalue weighted by molar-refractivity contribution is 7.89. The Morgan fingerprint density at radius 2 is 1.53 bits per heavy atom. The Hall–Kier alpha value is -2.38. The van der Waals surface area contributed by atoms with Gasteiger partial charge in [-0.1, -0.05) is 18.6 Å². The first-order valence-corrected chi connectivity index (χ1v) is 13.1. The molecule has 2 aliphatic rings. The molecule has 0 aliphatic carbocycles. The van der Waals surface area contributed by atoms with E-state index in [0.717, 1.165) is 62.1 Å². The van der Waals surface area contributed by atoms with Crippen LogP contribution in [-0.2, 0) is 10.0 Å². The summed E-state index contributed by atoms with van der Waals surface area (Å²) >= 11 is 0. The number of carbonyl (C=O) groups is 1. The Kier molecular flexibility index (Phi) is 6.86. The standard InChI is InChI=1S/C25H33N3O3S/c1-20-10-9-11-22(18-20)26(2)25(29)21-12-13-23(27-14-5-3-6-15-27)24(19-21)32(30,31)28-16-7-4-8-17-28/h9-13,18-19H,3-8,14-17H2,1-2H3. The highest BCUT2D eigenvalue weighted by atomic mass is 32.2. The minimum absolute atomic E-state index is 0.212. The molecule has 0 saturated carbocycles. The average Bonchev–Trinajstić information content (AvgIpc) is 2.84. The Balaban J connectivity index is 1.73. The third-order valence-corrected chi connectivity index (χ3v) is 8.46. The molecule has 0 atom stereocenters. The van der Waals surface area contributed by atoms with Gasteiger partial charge in [0, 0.05) is 44.5 Å². The van der Waals surface area contributed by atoms with E-state index >= 15 is 0 Å². The van der Waals surface area contributed by atoms with E-state index in [1.807, 2.05) is 37.3 Å². The molecule has 1 amide bonds. The number of sulfonamides is 1. The molecule has 6 nitrogen and oxygen atoms in total. The number of nitrogens with zero attached hydrogens (tertiary/aromatic N) is 3. The molecule has 2 heterocycles. The Morgan fingerprint density at radius 3 is 2.19 bits per heavy atom. The molecule has 4 rings (SSSR count). The predicted molar refractivity (Wildman–Crippen MR) is 129 cm³/mol. The van der Waals surface area contributed by atoms with Crippen LogP contribution in [0.15, 0.2) is 47.4 Å². The van der Waals surface area contributed by atoms with Crippen LogP contribution < -0.4 is 9.80 Å². The lowest BCUT2D eigenvalue weighted by molar-refractivity contribution is 0.0993. The minimum atomic E-state index is -3.67. The lowest BCUT2D eigenvalue weighted by Gasteiger charge is -2.33. The topological polar surface area (TPSA) is 60.9 Å². The van der Waals surface area contributed by atoms with Gasteiger partial charge in [0.2, 0.25) is 10.0 Å². The van der Waals surface area contributed by atoms with Crippen molar-refractivity contribution in [3.8, 4) is 0 Å². The van der Waals surface area contributed by atoms with E-state index in [1.54, 1.807) is 28.4 Å². The van der Waals surface area contributed by atoms with E-state index in [0.29, 0.717) is 18.7 Å². The predicted octanol–water partition coefficient (Wildman–Crippen LogP) is 4.44. The number of hydrogen-bond donors (Lipinski definition) is 0. The van der Waals surface area contributed by atoms with Gasteiger partial charge in [-0.15, -0.1) is 0 Å². The van der Waals surface area contributed by atoms with Gasteiger partial charge in [0.25, 0.3) is 5.91 Å². The number of anilines is 2. The van der Waals surface area contributed by atoms with Crippen LogP contribution in [0.5, 0.6) is 0 Å². The first kappa shape index (κ1) is 22.8. The third-order valence-electron chi connectivity index (χ3n) is 6.53. The van der Waals surface area contributed by atoms with Gasteiger partial charge in [-0.25, -0.2) is 8.42 Å². The maximum atomic E-state index is 13.7. The molecular formula is C25H33N3O3S. The molecule has 0 spiro atoms. The Bertz CT molecular complexity index is 1070. The summed E-state index contributed by atoms with van der Waals surface area (Å²) in [5.74, 6) is -0.212. The number of benzene rings is 2. The van der Waals surface area contributed by atoms with Crippen LogP contribution in [0.1, 0.15) is 54.4 Å². The second-order valence-corrected chi connectivity index (χ2v) is 10.8. The SMILES string of the molecule is Cc1cccc(N(C)C(=O)c2ccc(N3CCCCC3)c(S(=O)(=O)N3CCCCC3)c2)c1. The maximum absolute atomic E-state index is 13.7. The molecule has 2 saturated heterocycles. The van der Waals surface area contributed by atoms with Gasteiger partial charge in [0.1, 0.15) is 4.90 Å². The molecule has 0 aromatic heterocycles. The molecule has 2 aromatic rings. The second kappa shape index (κ2) is 9.63. The minimum Gasteiger partial charge on any atom is -0.370 e. The number of rotatable bonds is 5. The van der Waals surface area contributed by atoms with Crippen LogP contribution in [0.25, 0.3) is 0 Å². The average molecular weight is 456 g/mol. The lowest BCUT2D eigenvalue weighted by atomic mass is 10.1. The number of amides is 1. The largest absolute Gasteiger partial charge is 0.370 e. The highest BCUT2D eigenvalue weighted by Gasteiger charge is 2.31. The van der Waals surface area contributed by atoms with Gasteiger partial charge in [-0.05, 0) is 74.9 Å². The van der Waals surface area contributed by atoms with E-state index in [-0.39, 0.29) is 10.8 Å². The normalized spacial score (nSPS) is 17.9. The molecule has 32 heavy (non-hydrogen) atoms. The third kappa shape index (κ3) is 4.69. The van der Waals surface area contributed by atoms with Gasteiger partial charge in [-0.3, -0.25) is 4.79 Å². The van der Waals surface area contributed by atoms with Crippen molar-refractivity contribution in [2.24, 2.45) is 0 Å². The first-order chi connectivity index (χ1) is 15.4. The fraction of sp³-hybridized carbons (Fsp3) is 0.480. The number of aryl methyl sites for hydroxylation is 1. The van der Waals surface area contributed by atoms with E-state index < -0.39 is 10.0 Å². The molecule has 0 bridgehead atoms. The lowest BCUT2D eigenvalue weighted by Crippen LogP contribution is -2.38. The smallest absolute Gasteiger partial charge is 0.258 e. The summed E-state index contributed by atoms with van der Waals surface area (Å²) < 4.78 is 29.0. The quantitative estimate of drug-likeness (QED) is 0.669. The monoisotopic (exact) mass is 455 g/mol. The van der Waals surface area contributed by atoms with Gasteiger partial charge < -0.3 is 9.80 Å². The maximum Gasteiger partial charge on any atom is 0.258 e. The van der Waals surface area contributed by atoms with E-state index in [4.69, 9.17) is 0 Å². The van der Waals surface area contributed by atoms with Gasteiger partial charge in [-0.2, -0.15) is 4.31 Å². The van der Waals surface area contributed by atoms with E-state index in [1.165, 1.54) is 6.42 Å². The molecule has 0 N–H and O–H groups in total. The van der Waals surface area contributed by atoms with Crippen LogP contribution in [0.4, 0.5) is 11.4 Å². The van der Waals surface area contributed by atoms with Gasteiger partial charge >= 0.3 is 0 Å². The van der Waals surface area contributed by atoms with Crippen molar-refractivity contribution in [1.29, 1.82) is 0 Å². The van der Waals surface area contributed by atoms with Crippen LogP contribution in [0.2, 0.25) is 0 Å². The summed E-state index contributed by atoms with van der Waals surface area (Å²) in [5.41, 5.74) is 2.97. The van der Waals surface area contributed by atoms with Crippen molar-refractivity contribution in [3.05, 3.63) is 53.6 Å². The summed E-state index contributed by atoms with van der Waals surface area (Å²) in [5, 5.41) is 0. The molecule has 2 fully saturated rings. The number of hydrogen-bond acceptors (Lipinski definition) is 4. The fourth-order valence-corrected chi connectivity index (χ4v) is 6.40. The van der Waals surface area contributed by atoms with Gasteiger partial charge in [0.15, 0.2) is 0 Å². The summed E-state index contributed by atoms with van der Waals surface area (Å²) in [7, 11) is -1.94. The van der Waals surface area contributed by atoms with Crippen LogP contribution in [0, 0.1) is 6.92 Å². The molecule has 2 aliphatic heterocycles. The van der Waals surface area contributed by atoms with E-state index in [2.05, 4.69) is 4.90 Å². The number of piperidine rings is 2. The van der Waals surface area contributed by atoms with Crippen molar-refractivity contribution in [2.45, 2.75) is 50.3 Å². The van der Waals surface area contributed by atoms with Crippen LogP contribution in [0.3, 0.4) is 0 Å². The number of carbonyl (C=O) groups excluding carboxylic acids is 1. The highest BCUT2D eigenvalue weighted by Crippen LogP contribution is 2.33. The van der Waals surface area contributed by atoms with Crippen molar-refractivity contribution in [1.82, 2.24) is 4.31 Å². The molecule has 0 radical (unpaired) electrons. The second-order valence-electron chi connectivity index (χ2n) is 8.90. The summed E-state index contributed by atoms with van der Waals surface area (Å²) in [6.45, 7) is 4.77. The molecular weight excluding hydrogens is 422 g/mol. The molecule has 0 unspecified atom stereocenters. The summed E-state index contributed by atoms with van der Waals surface area (Å²) in [6.07, 6.45) is 6.10. The molecule has 172 valence electrons. The van der Waals surface area contributed by atoms with Gasteiger partial charge in [0.05, 0.1) is 5.69 Å². The molecule has 7 heteroatoms. The van der Waals surface area contributed by atoms with Crippen molar-refractivity contribution < 1.29 is 13.2 Å². The summed E-state index contributed by atoms with van der Waals surface area (Å²) in [6, 6.07) is 12.9. The Morgan fingerprint density at radius 1 is 0.875 bits per heavy atom. The van der Waals surface area contributed by atoms with Crippen LogP contribution in [-0.4, -0.2) is 51.9 Å². The van der Waals surface area contributed by atoms with E-state index in [9.17, 15) is 13.2 Å². The zero-order valence-electron chi connectivity index (χ0n) is 19.1. The Labute approximate surface area is 191 Å². The van der Waals surface area contributed by atoms with Crippen molar-refractivity contribution in [3.63, 3.8) is 0 Å². The molecule has 2 aromatic carbocycles. The summed E-state index contributed by atoms with van der Waals surface area (Å²) in [4.78, 5) is 17.3. The zero-order chi connectivity index (χ0) is 22.7. The zero-order valence-corrected chi connectivity index (χ0v) is 19.9. The van der Waals surface area contributed by atoms with Crippen molar-refractivity contribution in [2.75, 3.05) is 43.0 Å².